The van der Waals surface area contributed by atoms with Gasteiger partial charge in [0.25, 0.3) is 0 Å². The largest absolute Gasteiger partial charge is 0.330 e. The second kappa shape index (κ2) is 7.80. The van der Waals surface area contributed by atoms with Crippen molar-refractivity contribution in [1.29, 1.82) is 0 Å². The van der Waals surface area contributed by atoms with Gasteiger partial charge in [-0.2, -0.15) is 0 Å². The van der Waals surface area contributed by atoms with Crippen LogP contribution in [0.25, 0.3) is 0 Å². The van der Waals surface area contributed by atoms with Crippen LogP contribution in [0.3, 0.4) is 0 Å². The predicted molar refractivity (Wildman–Crippen MR) is 86.6 cm³/mol. The summed E-state index contributed by atoms with van der Waals surface area (Å²) in [5, 5.41) is 3.92. The molecule has 1 aromatic rings. The van der Waals surface area contributed by atoms with Gasteiger partial charge in [-0.05, 0) is 43.2 Å². The Bertz CT molecular complexity index is 374. The van der Waals surface area contributed by atoms with Gasteiger partial charge in [-0.1, -0.05) is 57.0 Å². The van der Waals surface area contributed by atoms with Crippen molar-refractivity contribution >= 4 is 0 Å². The molecule has 20 heavy (non-hydrogen) atoms. The molecule has 0 saturated heterocycles. The van der Waals surface area contributed by atoms with Crippen LogP contribution < -0.4 is 11.1 Å². The van der Waals surface area contributed by atoms with Gasteiger partial charge in [-0.25, -0.2) is 0 Å². The number of nitrogens with two attached hydrogens (primary N) is 1. The second-order valence-corrected chi connectivity index (χ2v) is 6.65. The molecular weight excluding hydrogens is 244 g/mol. The monoisotopic (exact) mass is 274 g/mol. The molecule has 1 fully saturated rings. The maximum Gasteiger partial charge on any atom is 0.0325 e. The molecule has 112 valence electrons. The molecule has 0 amide bonds. The van der Waals surface area contributed by atoms with Crippen molar-refractivity contribution in [3.63, 3.8) is 0 Å². The first-order chi connectivity index (χ1) is 9.70. The van der Waals surface area contributed by atoms with Gasteiger partial charge in [-0.3, -0.25) is 0 Å². The number of benzene rings is 1. The van der Waals surface area contributed by atoms with Gasteiger partial charge in [0.2, 0.25) is 0 Å². The van der Waals surface area contributed by atoms with Crippen molar-refractivity contribution in [3.05, 3.63) is 35.9 Å². The highest BCUT2D eigenvalue weighted by atomic mass is 15.0. The summed E-state index contributed by atoms with van der Waals surface area (Å²) in [6.45, 7) is 5.43. The van der Waals surface area contributed by atoms with Crippen molar-refractivity contribution in [3.8, 4) is 0 Å². The Morgan fingerprint density at radius 2 is 1.85 bits per heavy atom. The molecule has 0 heterocycles. The predicted octanol–water partition coefficient (Wildman–Crippen LogP) is 3.88. The number of hydrogen-bond acceptors (Lipinski definition) is 2. The normalized spacial score (nSPS) is 24.8. The van der Waals surface area contributed by atoms with E-state index in [2.05, 4.69) is 49.5 Å². The fourth-order valence-electron chi connectivity index (χ4n) is 3.42. The first-order valence-corrected chi connectivity index (χ1v) is 8.21. The Hall–Kier alpha value is -0.860. The van der Waals surface area contributed by atoms with Crippen molar-refractivity contribution in [2.45, 2.75) is 58.0 Å². The van der Waals surface area contributed by atoms with Crippen LogP contribution in [0.15, 0.2) is 30.3 Å². The molecule has 0 aromatic heterocycles. The Morgan fingerprint density at radius 3 is 2.50 bits per heavy atom. The Labute approximate surface area is 124 Å². The molecule has 2 rings (SSSR count). The van der Waals surface area contributed by atoms with E-state index in [1.165, 1.54) is 37.7 Å². The van der Waals surface area contributed by atoms with Crippen LogP contribution in [0, 0.1) is 11.8 Å². The molecule has 3 unspecified atom stereocenters. The van der Waals surface area contributed by atoms with Gasteiger partial charge >= 0.3 is 0 Å². The van der Waals surface area contributed by atoms with E-state index in [0.717, 1.165) is 6.54 Å². The maximum absolute atomic E-state index is 5.97. The van der Waals surface area contributed by atoms with E-state index in [9.17, 15) is 0 Å². The van der Waals surface area contributed by atoms with Crippen LogP contribution in [0.5, 0.6) is 0 Å². The Kier molecular flexibility index (Phi) is 6.06. The minimum Gasteiger partial charge on any atom is -0.330 e. The van der Waals surface area contributed by atoms with E-state index in [1.807, 2.05) is 0 Å². The van der Waals surface area contributed by atoms with Crippen LogP contribution in [-0.2, 0) is 0 Å². The number of nitrogens with one attached hydrogen (secondary N) is 1. The van der Waals surface area contributed by atoms with Gasteiger partial charge in [0, 0.05) is 12.1 Å². The zero-order valence-electron chi connectivity index (χ0n) is 13.0. The molecule has 2 heteroatoms. The van der Waals surface area contributed by atoms with Gasteiger partial charge in [0.1, 0.15) is 0 Å². The van der Waals surface area contributed by atoms with Gasteiger partial charge in [0.15, 0.2) is 0 Å². The minimum atomic E-state index is 0.466. The average molecular weight is 274 g/mol. The maximum atomic E-state index is 5.97. The SMILES string of the molecule is CC(C)CC(NC1CCCCC1CN)c1ccccc1. The fourth-order valence-corrected chi connectivity index (χ4v) is 3.42. The van der Waals surface area contributed by atoms with E-state index in [-0.39, 0.29) is 0 Å². The topological polar surface area (TPSA) is 38.0 Å². The average Bonchev–Trinajstić information content (AvgIpc) is 2.47. The smallest absolute Gasteiger partial charge is 0.0325 e. The molecule has 1 saturated carbocycles. The van der Waals surface area contributed by atoms with Crippen molar-refractivity contribution in [2.24, 2.45) is 17.6 Å². The zero-order valence-corrected chi connectivity index (χ0v) is 13.0. The third-order valence-corrected chi connectivity index (χ3v) is 4.54. The van der Waals surface area contributed by atoms with Crippen LogP contribution in [0.4, 0.5) is 0 Å². The van der Waals surface area contributed by atoms with Gasteiger partial charge < -0.3 is 11.1 Å². The molecule has 1 aromatic carbocycles. The van der Waals surface area contributed by atoms with E-state index in [4.69, 9.17) is 5.73 Å². The van der Waals surface area contributed by atoms with Gasteiger partial charge in [0.05, 0.1) is 0 Å². The first kappa shape index (κ1) is 15.5. The first-order valence-electron chi connectivity index (χ1n) is 8.21. The lowest BCUT2D eigenvalue weighted by Crippen LogP contribution is -2.43. The fraction of sp³-hybridized carbons (Fsp3) is 0.667. The summed E-state index contributed by atoms with van der Waals surface area (Å²) in [6, 6.07) is 11.9. The molecule has 0 aliphatic heterocycles. The lowest BCUT2D eigenvalue weighted by Gasteiger charge is -2.35. The summed E-state index contributed by atoms with van der Waals surface area (Å²) < 4.78 is 0. The lowest BCUT2D eigenvalue weighted by atomic mass is 9.83. The molecule has 3 atom stereocenters. The Morgan fingerprint density at radius 1 is 1.15 bits per heavy atom. The van der Waals surface area contributed by atoms with E-state index < -0.39 is 0 Å². The standard InChI is InChI=1S/C18H30N2/c1-14(2)12-18(15-8-4-3-5-9-15)20-17-11-7-6-10-16(17)13-19/h3-5,8-9,14,16-18,20H,6-7,10-13,19H2,1-2H3. The van der Waals surface area contributed by atoms with Crippen LogP contribution >= 0.6 is 0 Å². The summed E-state index contributed by atoms with van der Waals surface area (Å²) in [5.41, 5.74) is 7.39. The molecule has 0 radical (unpaired) electrons. The quantitative estimate of drug-likeness (QED) is 0.826. The number of rotatable bonds is 6. The van der Waals surface area contributed by atoms with Crippen molar-refractivity contribution in [2.75, 3.05) is 6.54 Å². The highest BCUT2D eigenvalue weighted by Gasteiger charge is 2.26. The third kappa shape index (κ3) is 4.32. The molecule has 2 nitrogen and oxygen atoms in total. The highest BCUT2D eigenvalue weighted by molar-refractivity contribution is 5.19. The third-order valence-electron chi connectivity index (χ3n) is 4.54. The summed E-state index contributed by atoms with van der Waals surface area (Å²) in [7, 11) is 0. The second-order valence-electron chi connectivity index (χ2n) is 6.65. The zero-order chi connectivity index (χ0) is 14.4. The van der Waals surface area contributed by atoms with Crippen LogP contribution in [0.2, 0.25) is 0 Å². The molecular formula is C18H30N2. The molecule has 1 aliphatic rings. The van der Waals surface area contributed by atoms with Crippen molar-refractivity contribution in [1.82, 2.24) is 5.32 Å². The summed E-state index contributed by atoms with van der Waals surface area (Å²) in [6.07, 6.45) is 6.45. The molecule has 3 N–H and O–H groups in total. The van der Waals surface area contributed by atoms with Gasteiger partial charge in [-0.15, -0.1) is 0 Å². The minimum absolute atomic E-state index is 0.466. The summed E-state index contributed by atoms with van der Waals surface area (Å²) in [5.74, 6) is 1.36. The van der Waals surface area contributed by atoms with E-state index in [1.54, 1.807) is 0 Å². The number of hydrogen-bond donors (Lipinski definition) is 2. The van der Waals surface area contributed by atoms with Crippen LogP contribution in [0.1, 0.15) is 57.6 Å². The van der Waals surface area contributed by atoms with Crippen molar-refractivity contribution < 1.29 is 0 Å². The summed E-state index contributed by atoms with van der Waals surface area (Å²) in [4.78, 5) is 0. The Balaban J connectivity index is 2.07. The van der Waals surface area contributed by atoms with Crippen LogP contribution in [-0.4, -0.2) is 12.6 Å². The van der Waals surface area contributed by atoms with E-state index >= 15 is 0 Å². The highest BCUT2D eigenvalue weighted by Crippen LogP contribution is 2.28. The lowest BCUT2D eigenvalue weighted by molar-refractivity contribution is 0.237. The summed E-state index contributed by atoms with van der Waals surface area (Å²) >= 11 is 0. The van der Waals surface area contributed by atoms with E-state index in [0.29, 0.717) is 23.9 Å². The molecule has 0 spiro atoms. The molecule has 0 bridgehead atoms. The molecule has 1 aliphatic carbocycles.